The van der Waals surface area contributed by atoms with E-state index < -0.39 is 5.97 Å². The SMILES string of the molecule is CC(C)(C)C=CC(=O)Oc1ccc(O)c(C(C)(C)C)c1. The number of esters is 1. The van der Waals surface area contributed by atoms with E-state index >= 15 is 0 Å². The van der Waals surface area contributed by atoms with Crippen molar-refractivity contribution in [2.75, 3.05) is 0 Å². The van der Waals surface area contributed by atoms with Gasteiger partial charge >= 0.3 is 5.97 Å². The van der Waals surface area contributed by atoms with Gasteiger partial charge in [-0.15, -0.1) is 0 Å². The van der Waals surface area contributed by atoms with E-state index in [4.69, 9.17) is 4.74 Å². The van der Waals surface area contributed by atoms with Crippen molar-refractivity contribution >= 4 is 5.97 Å². The van der Waals surface area contributed by atoms with Gasteiger partial charge < -0.3 is 9.84 Å². The zero-order valence-electron chi connectivity index (χ0n) is 13.2. The molecular formula is C17H24O3. The summed E-state index contributed by atoms with van der Waals surface area (Å²) in [6.07, 6.45) is 3.24. The van der Waals surface area contributed by atoms with E-state index in [0.29, 0.717) is 5.75 Å². The maximum Gasteiger partial charge on any atom is 0.335 e. The molecule has 20 heavy (non-hydrogen) atoms. The summed E-state index contributed by atoms with van der Waals surface area (Å²) >= 11 is 0. The lowest BCUT2D eigenvalue weighted by atomic mass is 9.86. The van der Waals surface area contributed by atoms with Gasteiger partial charge in [0.2, 0.25) is 0 Å². The third kappa shape index (κ3) is 5.08. The second-order valence-electron chi connectivity index (χ2n) is 7.05. The number of aromatic hydroxyl groups is 1. The zero-order valence-corrected chi connectivity index (χ0v) is 13.2. The molecule has 3 heteroatoms. The Morgan fingerprint density at radius 2 is 1.75 bits per heavy atom. The van der Waals surface area contributed by atoms with Crippen molar-refractivity contribution in [2.24, 2.45) is 5.41 Å². The number of hydrogen-bond acceptors (Lipinski definition) is 3. The first-order valence-corrected chi connectivity index (χ1v) is 6.73. The van der Waals surface area contributed by atoms with Gasteiger partial charge in [0.15, 0.2) is 0 Å². The van der Waals surface area contributed by atoms with Crippen LogP contribution in [0, 0.1) is 5.41 Å². The fourth-order valence-corrected chi connectivity index (χ4v) is 1.65. The number of phenolic OH excluding ortho intramolecular Hbond substituents is 1. The predicted molar refractivity (Wildman–Crippen MR) is 81.0 cm³/mol. The third-order valence-electron chi connectivity index (χ3n) is 2.71. The summed E-state index contributed by atoms with van der Waals surface area (Å²) in [4.78, 5) is 11.7. The molecular weight excluding hydrogens is 252 g/mol. The van der Waals surface area contributed by atoms with E-state index in [1.54, 1.807) is 24.3 Å². The molecule has 110 valence electrons. The van der Waals surface area contributed by atoms with Crippen LogP contribution in [0.15, 0.2) is 30.4 Å². The first kappa shape index (κ1) is 16.3. The van der Waals surface area contributed by atoms with Gasteiger partial charge in [-0.05, 0) is 29.0 Å². The van der Waals surface area contributed by atoms with Crippen LogP contribution in [0.1, 0.15) is 47.1 Å². The molecule has 0 aliphatic carbocycles. The number of ether oxygens (including phenoxy) is 1. The van der Waals surface area contributed by atoms with Gasteiger partial charge in [0.25, 0.3) is 0 Å². The molecule has 0 aromatic heterocycles. The number of carbonyl (C=O) groups is 1. The smallest absolute Gasteiger partial charge is 0.335 e. The van der Waals surface area contributed by atoms with Crippen LogP contribution in [0.25, 0.3) is 0 Å². The van der Waals surface area contributed by atoms with Gasteiger partial charge in [-0.2, -0.15) is 0 Å². The molecule has 1 aromatic rings. The number of carbonyl (C=O) groups excluding carboxylic acids is 1. The Kier molecular flexibility index (Phi) is 4.64. The molecule has 0 unspecified atom stereocenters. The van der Waals surface area contributed by atoms with Gasteiger partial charge in [0, 0.05) is 11.6 Å². The van der Waals surface area contributed by atoms with Crippen molar-refractivity contribution in [3.63, 3.8) is 0 Å². The maximum atomic E-state index is 11.7. The predicted octanol–water partition coefficient (Wildman–Crippen LogP) is 4.20. The van der Waals surface area contributed by atoms with Crippen molar-refractivity contribution in [3.8, 4) is 11.5 Å². The van der Waals surface area contributed by atoms with Crippen LogP contribution in [0.5, 0.6) is 11.5 Å². The summed E-state index contributed by atoms with van der Waals surface area (Å²) in [6, 6.07) is 4.85. The van der Waals surface area contributed by atoms with E-state index in [2.05, 4.69) is 0 Å². The molecule has 1 rings (SSSR count). The number of hydrogen-bond donors (Lipinski definition) is 1. The molecule has 0 amide bonds. The highest BCUT2D eigenvalue weighted by molar-refractivity contribution is 5.84. The van der Waals surface area contributed by atoms with E-state index in [9.17, 15) is 9.90 Å². The summed E-state index contributed by atoms with van der Waals surface area (Å²) in [7, 11) is 0. The standard InChI is InChI=1S/C17H24O3/c1-16(2,3)10-9-15(19)20-12-7-8-14(18)13(11-12)17(4,5)6/h7-11,18H,1-6H3. The molecule has 0 aliphatic rings. The fourth-order valence-electron chi connectivity index (χ4n) is 1.65. The molecule has 0 fully saturated rings. The normalized spacial score (nSPS) is 12.7. The second-order valence-corrected chi connectivity index (χ2v) is 7.05. The molecule has 0 saturated carbocycles. The Hall–Kier alpha value is -1.77. The van der Waals surface area contributed by atoms with E-state index in [1.165, 1.54) is 6.08 Å². The molecule has 0 spiro atoms. The van der Waals surface area contributed by atoms with Crippen molar-refractivity contribution in [2.45, 2.75) is 47.0 Å². The molecule has 0 aliphatic heterocycles. The van der Waals surface area contributed by atoms with Crippen LogP contribution in [0.3, 0.4) is 0 Å². The zero-order chi connectivity index (χ0) is 15.6. The van der Waals surface area contributed by atoms with E-state index in [1.807, 2.05) is 41.5 Å². The Labute approximate surface area is 121 Å². The first-order valence-electron chi connectivity index (χ1n) is 6.73. The van der Waals surface area contributed by atoms with Gasteiger partial charge in [0.05, 0.1) is 0 Å². The first-order chi connectivity index (χ1) is 8.99. The molecule has 1 N–H and O–H groups in total. The lowest BCUT2D eigenvalue weighted by molar-refractivity contribution is -0.129. The molecule has 0 saturated heterocycles. The molecule has 0 heterocycles. The van der Waals surface area contributed by atoms with E-state index in [-0.39, 0.29) is 16.6 Å². The highest BCUT2D eigenvalue weighted by Crippen LogP contribution is 2.33. The number of phenols is 1. The lowest BCUT2D eigenvalue weighted by Crippen LogP contribution is -2.12. The van der Waals surface area contributed by atoms with Gasteiger partial charge in [-0.25, -0.2) is 4.79 Å². The third-order valence-corrected chi connectivity index (χ3v) is 2.71. The minimum atomic E-state index is -0.412. The molecule has 3 nitrogen and oxygen atoms in total. The van der Waals surface area contributed by atoms with Gasteiger partial charge in [-0.3, -0.25) is 0 Å². The monoisotopic (exact) mass is 276 g/mol. The lowest BCUT2D eigenvalue weighted by Gasteiger charge is -2.20. The second kappa shape index (κ2) is 5.70. The van der Waals surface area contributed by atoms with E-state index in [0.717, 1.165) is 5.56 Å². The number of rotatable bonds is 2. The van der Waals surface area contributed by atoms with Crippen molar-refractivity contribution < 1.29 is 14.6 Å². The molecule has 0 atom stereocenters. The average molecular weight is 276 g/mol. The Bertz CT molecular complexity index is 514. The number of benzene rings is 1. The molecule has 0 radical (unpaired) electrons. The summed E-state index contributed by atoms with van der Waals surface area (Å²) in [6.45, 7) is 12.0. The maximum absolute atomic E-state index is 11.7. The van der Waals surface area contributed by atoms with Gasteiger partial charge in [-0.1, -0.05) is 47.6 Å². The fraction of sp³-hybridized carbons (Fsp3) is 0.471. The molecule has 1 aromatic carbocycles. The molecule has 0 bridgehead atoms. The summed E-state index contributed by atoms with van der Waals surface area (Å²) in [5.41, 5.74) is 0.473. The average Bonchev–Trinajstić information content (AvgIpc) is 2.27. The van der Waals surface area contributed by atoms with Crippen LogP contribution in [-0.2, 0) is 10.2 Å². The van der Waals surface area contributed by atoms with Crippen LogP contribution in [0.4, 0.5) is 0 Å². The minimum absolute atomic E-state index is 0.0649. The summed E-state index contributed by atoms with van der Waals surface area (Å²) in [5.74, 6) is 0.240. The highest BCUT2D eigenvalue weighted by Gasteiger charge is 2.19. The van der Waals surface area contributed by atoms with Crippen molar-refractivity contribution in [1.82, 2.24) is 0 Å². The van der Waals surface area contributed by atoms with Gasteiger partial charge in [0.1, 0.15) is 11.5 Å². The Morgan fingerprint density at radius 1 is 1.15 bits per heavy atom. The van der Waals surface area contributed by atoms with Crippen molar-refractivity contribution in [1.29, 1.82) is 0 Å². The largest absolute Gasteiger partial charge is 0.508 e. The highest BCUT2D eigenvalue weighted by atomic mass is 16.5. The summed E-state index contributed by atoms with van der Waals surface area (Å²) < 4.78 is 5.26. The van der Waals surface area contributed by atoms with Crippen LogP contribution in [0.2, 0.25) is 0 Å². The topological polar surface area (TPSA) is 46.5 Å². The van der Waals surface area contributed by atoms with Crippen LogP contribution in [-0.4, -0.2) is 11.1 Å². The Balaban J connectivity index is 2.90. The Morgan fingerprint density at radius 3 is 2.25 bits per heavy atom. The quantitative estimate of drug-likeness (QED) is 0.500. The summed E-state index contributed by atoms with van der Waals surface area (Å²) in [5, 5.41) is 9.86. The van der Waals surface area contributed by atoms with Crippen molar-refractivity contribution in [3.05, 3.63) is 35.9 Å². The number of allylic oxidation sites excluding steroid dienone is 1. The van der Waals surface area contributed by atoms with Crippen LogP contribution >= 0.6 is 0 Å². The minimum Gasteiger partial charge on any atom is -0.508 e. The van der Waals surface area contributed by atoms with Crippen LogP contribution < -0.4 is 4.74 Å².